The highest BCUT2D eigenvalue weighted by molar-refractivity contribution is 7.89. The molecule has 7 heteroatoms. The lowest BCUT2D eigenvalue weighted by atomic mass is 10.2. The Labute approximate surface area is 141 Å². The number of nitrogens with one attached hydrogen (secondary N) is 1. The Kier molecular flexibility index (Phi) is 5.94. The average molecular weight is 348 g/mol. The van der Waals surface area contributed by atoms with Gasteiger partial charge in [-0.05, 0) is 30.7 Å². The van der Waals surface area contributed by atoms with Crippen LogP contribution >= 0.6 is 0 Å². The molecular weight excluding hydrogens is 328 g/mol. The van der Waals surface area contributed by atoms with E-state index in [-0.39, 0.29) is 16.2 Å². The van der Waals surface area contributed by atoms with Crippen LogP contribution in [0.15, 0.2) is 47.4 Å². The number of anilines is 1. The number of ether oxygens (including phenoxy) is 1. The smallest absolute Gasteiger partial charge is 0.241 e. The molecule has 2 aromatic carbocycles. The topological polar surface area (TPSA) is 98.5 Å². The van der Waals surface area contributed by atoms with Gasteiger partial charge >= 0.3 is 0 Å². The minimum atomic E-state index is -4.06. The molecule has 0 aromatic heterocycles. The molecule has 0 atom stereocenters. The van der Waals surface area contributed by atoms with E-state index in [1.807, 2.05) is 13.0 Å². The van der Waals surface area contributed by atoms with Gasteiger partial charge in [-0.1, -0.05) is 31.5 Å². The van der Waals surface area contributed by atoms with Crippen molar-refractivity contribution in [2.24, 2.45) is 5.14 Å². The molecule has 24 heavy (non-hydrogen) atoms. The van der Waals surface area contributed by atoms with Crippen molar-refractivity contribution in [2.75, 3.05) is 11.9 Å². The number of hydrogen-bond acceptors (Lipinski definition) is 5. The lowest BCUT2D eigenvalue weighted by molar-refractivity contribution is 0.112. The van der Waals surface area contributed by atoms with Gasteiger partial charge in [-0.25, -0.2) is 13.6 Å². The third-order valence-corrected chi connectivity index (χ3v) is 4.24. The summed E-state index contributed by atoms with van der Waals surface area (Å²) in [5.74, 6) is 0.560. The number of rotatable bonds is 8. The molecule has 0 aliphatic carbocycles. The highest BCUT2D eigenvalue weighted by Gasteiger charge is 2.21. The second-order valence-electron chi connectivity index (χ2n) is 5.25. The number of benzene rings is 2. The predicted octanol–water partition coefficient (Wildman–Crippen LogP) is 3.15. The molecule has 2 aromatic rings. The van der Waals surface area contributed by atoms with E-state index in [4.69, 9.17) is 9.88 Å². The molecule has 3 N–H and O–H groups in total. The number of unbranched alkanes of at least 4 members (excludes halogenated alkanes) is 1. The van der Waals surface area contributed by atoms with Crippen LogP contribution in [0.4, 0.5) is 5.69 Å². The number of carbonyl (C=O) groups excluding carboxylic acids is 1. The van der Waals surface area contributed by atoms with E-state index < -0.39 is 10.0 Å². The van der Waals surface area contributed by atoms with Crippen LogP contribution in [0.2, 0.25) is 0 Å². The molecule has 0 unspecified atom stereocenters. The van der Waals surface area contributed by atoms with Gasteiger partial charge < -0.3 is 10.1 Å². The van der Waals surface area contributed by atoms with Crippen LogP contribution in [-0.4, -0.2) is 21.2 Å². The maximum absolute atomic E-state index is 11.9. The highest BCUT2D eigenvalue weighted by Crippen LogP contribution is 2.36. The fraction of sp³-hybridized carbons (Fsp3) is 0.235. The second-order valence-corrected chi connectivity index (χ2v) is 6.78. The van der Waals surface area contributed by atoms with Crippen LogP contribution in [0.25, 0.3) is 0 Å². The van der Waals surface area contributed by atoms with E-state index in [2.05, 4.69) is 5.32 Å². The van der Waals surface area contributed by atoms with Crippen LogP contribution in [0.3, 0.4) is 0 Å². The molecule has 0 spiro atoms. The molecular formula is C17H20N2O4S. The number of nitrogens with two attached hydrogens (primary N) is 1. The Hall–Kier alpha value is -2.38. The summed E-state index contributed by atoms with van der Waals surface area (Å²) >= 11 is 0. The first-order valence-electron chi connectivity index (χ1n) is 7.58. The molecule has 0 heterocycles. The Morgan fingerprint density at radius 2 is 1.92 bits per heavy atom. The summed E-state index contributed by atoms with van der Waals surface area (Å²) in [6.45, 7) is 2.66. The molecule has 6 nitrogen and oxygen atoms in total. The maximum Gasteiger partial charge on any atom is 0.241 e. The van der Waals surface area contributed by atoms with E-state index >= 15 is 0 Å². The summed E-state index contributed by atoms with van der Waals surface area (Å²) in [6.07, 6.45) is 2.43. The third-order valence-electron chi connectivity index (χ3n) is 3.33. The standard InChI is InChI=1S/C17H20N2O4S/c1-2-3-9-19-15-10-13(12-20)11-16(24(18,21)22)17(15)23-14-7-5-4-6-8-14/h4-8,10-12,19H,2-3,9H2,1H3,(H2,18,21,22). The molecule has 0 amide bonds. The minimum absolute atomic E-state index is 0.0883. The summed E-state index contributed by atoms with van der Waals surface area (Å²) in [5, 5.41) is 8.42. The van der Waals surface area contributed by atoms with Gasteiger partial charge in [0.2, 0.25) is 10.0 Å². The number of hydrogen-bond donors (Lipinski definition) is 2. The average Bonchev–Trinajstić information content (AvgIpc) is 2.56. The number of aldehydes is 1. The number of para-hydroxylation sites is 1. The number of sulfonamides is 1. The lowest BCUT2D eigenvalue weighted by Gasteiger charge is -2.17. The number of primary sulfonamides is 1. The van der Waals surface area contributed by atoms with Gasteiger partial charge in [0.25, 0.3) is 0 Å². The monoisotopic (exact) mass is 348 g/mol. The highest BCUT2D eigenvalue weighted by atomic mass is 32.2. The first-order valence-corrected chi connectivity index (χ1v) is 9.13. The van der Waals surface area contributed by atoms with Crippen molar-refractivity contribution >= 4 is 22.0 Å². The van der Waals surface area contributed by atoms with Gasteiger partial charge in [0.05, 0.1) is 5.69 Å². The van der Waals surface area contributed by atoms with Crippen molar-refractivity contribution in [3.8, 4) is 11.5 Å². The molecule has 0 saturated carbocycles. The molecule has 2 rings (SSSR count). The molecule has 0 aliphatic rings. The van der Waals surface area contributed by atoms with Crippen molar-refractivity contribution in [3.63, 3.8) is 0 Å². The summed E-state index contributed by atoms with van der Waals surface area (Å²) < 4.78 is 29.7. The van der Waals surface area contributed by atoms with E-state index in [1.54, 1.807) is 30.3 Å². The van der Waals surface area contributed by atoms with Crippen molar-refractivity contribution in [3.05, 3.63) is 48.0 Å². The van der Waals surface area contributed by atoms with Gasteiger partial charge in [0.1, 0.15) is 16.9 Å². The summed E-state index contributed by atoms with van der Waals surface area (Å²) in [4.78, 5) is 10.9. The quantitative estimate of drug-likeness (QED) is 0.564. The first-order chi connectivity index (χ1) is 11.5. The summed E-state index contributed by atoms with van der Waals surface area (Å²) in [5.41, 5.74) is 0.624. The van der Waals surface area contributed by atoms with Crippen LogP contribution in [0, 0.1) is 0 Å². The molecule has 0 fully saturated rings. The first kappa shape index (κ1) is 18.0. The van der Waals surface area contributed by atoms with Crippen LogP contribution in [0.5, 0.6) is 11.5 Å². The predicted molar refractivity (Wildman–Crippen MR) is 93.1 cm³/mol. The van der Waals surface area contributed by atoms with Crippen LogP contribution in [0.1, 0.15) is 30.1 Å². The molecule has 0 bridgehead atoms. The molecule has 128 valence electrons. The Balaban J connectivity index is 2.55. The fourth-order valence-electron chi connectivity index (χ4n) is 2.15. The zero-order valence-corrected chi connectivity index (χ0v) is 14.2. The van der Waals surface area contributed by atoms with Crippen LogP contribution < -0.4 is 15.2 Å². The van der Waals surface area contributed by atoms with E-state index in [0.29, 0.717) is 24.3 Å². The largest absolute Gasteiger partial charge is 0.454 e. The summed E-state index contributed by atoms with van der Waals surface area (Å²) in [6, 6.07) is 11.5. The van der Waals surface area contributed by atoms with Crippen molar-refractivity contribution in [1.29, 1.82) is 0 Å². The van der Waals surface area contributed by atoms with Crippen molar-refractivity contribution in [1.82, 2.24) is 0 Å². The lowest BCUT2D eigenvalue weighted by Crippen LogP contribution is -2.15. The Morgan fingerprint density at radius 1 is 1.21 bits per heavy atom. The SMILES string of the molecule is CCCCNc1cc(C=O)cc(S(N)(=O)=O)c1Oc1ccccc1. The van der Waals surface area contributed by atoms with E-state index in [9.17, 15) is 13.2 Å². The Bertz CT molecular complexity index is 805. The van der Waals surface area contributed by atoms with Crippen molar-refractivity contribution < 1.29 is 17.9 Å². The zero-order chi connectivity index (χ0) is 17.6. The normalized spacial score (nSPS) is 11.1. The zero-order valence-electron chi connectivity index (χ0n) is 13.4. The third kappa shape index (κ3) is 4.56. The molecule has 0 aliphatic heterocycles. The maximum atomic E-state index is 11.9. The Morgan fingerprint density at radius 3 is 2.50 bits per heavy atom. The number of carbonyl (C=O) groups is 1. The summed E-state index contributed by atoms with van der Waals surface area (Å²) in [7, 11) is -4.06. The molecule has 0 saturated heterocycles. The van der Waals surface area contributed by atoms with Crippen molar-refractivity contribution in [2.45, 2.75) is 24.7 Å². The van der Waals surface area contributed by atoms with Gasteiger partial charge in [0.15, 0.2) is 5.75 Å². The van der Waals surface area contributed by atoms with E-state index in [0.717, 1.165) is 12.8 Å². The van der Waals surface area contributed by atoms with Gasteiger partial charge in [-0.2, -0.15) is 0 Å². The van der Waals surface area contributed by atoms with Gasteiger partial charge in [-0.15, -0.1) is 0 Å². The molecule has 0 radical (unpaired) electrons. The van der Waals surface area contributed by atoms with Gasteiger partial charge in [0, 0.05) is 12.1 Å². The fourth-order valence-corrected chi connectivity index (χ4v) is 2.86. The minimum Gasteiger partial charge on any atom is -0.454 e. The van der Waals surface area contributed by atoms with E-state index in [1.165, 1.54) is 6.07 Å². The van der Waals surface area contributed by atoms with Crippen LogP contribution in [-0.2, 0) is 10.0 Å². The second kappa shape index (κ2) is 7.94. The van der Waals surface area contributed by atoms with Gasteiger partial charge in [-0.3, -0.25) is 4.79 Å².